The van der Waals surface area contributed by atoms with Crippen molar-refractivity contribution in [1.29, 1.82) is 0 Å². The van der Waals surface area contributed by atoms with Gasteiger partial charge in [-0.15, -0.1) is 0 Å². The molecule has 256 valence electrons. The molecule has 5 N–H and O–H groups in total. The van der Waals surface area contributed by atoms with Crippen molar-refractivity contribution in [3.63, 3.8) is 0 Å². The van der Waals surface area contributed by atoms with Gasteiger partial charge in [0.25, 0.3) is 0 Å². The summed E-state index contributed by atoms with van der Waals surface area (Å²) in [6, 6.07) is 8.85. The summed E-state index contributed by atoms with van der Waals surface area (Å²) in [4.78, 5) is 53.3. The maximum absolute atomic E-state index is 11.0. The minimum Gasteiger partial charge on any atom is -0.478 e. The van der Waals surface area contributed by atoms with Gasteiger partial charge in [-0.25, -0.2) is 24.0 Å². The first-order chi connectivity index (χ1) is 21.7. The van der Waals surface area contributed by atoms with Crippen LogP contribution in [0.25, 0.3) is 0 Å². The van der Waals surface area contributed by atoms with Crippen molar-refractivity contribution in [2.45, 2.75) is 98.3 Å². The van der Waals surface area contributed by atoms with Gasteiger partial charge in [0, 0.05) is 5.41 Å². The molecule has 0 saturated carbocycles. The second-order valence-corrected chi connectivity index (χ2v) is 11.6. The molecule has 0 fully saturated rings. The van der Waals surface area contributed by atoms with Crippen molar-refractivity contribution < 1.29 is 54.2 Å². The molecule has 1 heterocycles. The van der Waals surface area contributed by atoms with Crippen molar-refractivity contribution >= 4 is 29.8 Å². The molecule has 46 heavy (non-hydrogen) atoms. The predicted molar refractivity (Wildman–Crippen MR) is 174 cm³/mol. The lowest BCUT2D eigenvalue weighted by Crippen LogP contribution is -2.20. The molecule has 0 spiro atoms. The molecule has 2 aromatic carbocycles. The fourth-order valence-electron chi connectivity index (χ4n) is 3.79. The molecule has 11 nitrogen and oxygen atoms in total. The van der Waals surface area contributed by atoms with E-state index in [1.165, 1.54) is 101 Å². The zero-order valence-electron chi connectivity index (χ0n) is 27.4. The summed E-state index contributed by atoms with van der Waals surface area (Å²) < 4.78 is 4.30. The highest BCUT2D eigenvalue weighted by molar-refractivity contribution is 6.15. The lowest BCUT2D eigenvalue weighted by atomic mass is 9.97. The van der Waals surface area contributed by atoms with Gasteiger partial charge in [-0.1, -0.05) is 104 Å². The Labute approximate surface area is 271 Å². The van der Waals surface area contributed by atoms with Gasteiger partial charge in [-0.2, -0.15) is 0 Å². The molecule has 3 rings (SSSR count). The highest BCUT2D eigenvalue weighted by atomic mass is 16.6. The third kappa shape index (κ3) is 17.4. The Morgan fingerprint density at radius 3 is 1.30 bits per heavy atom. The Hall–Kier alpha value is -4.09. The van der Waals surface area contributed by atoms with Gasteiger partial charge < -0.3 is 30.3 Å². The summed E-state index contributed by atoms with van der Waals surface area (Å²) >= 11 is 0. The third-order valence-corrected chi connectivity index (χ3v) is 6.81. The van der Waals surface area contributed by atoms with E-state index in [2.05, 4.69) is 18.6 Å². The van der Waals surface area contributed by atoms with Crippen molar-refractivity contribution in [2.75, 3.05) is 13.2 Å². The molecule has 0 atom stereocenters. The van der Waals surface area contributed by atoms with E-state index >= 15 is 0 Å². The van der Waals surface area contributed by atoms with Gasteiger partial charge in [0.2, 0.25) is 0 Å². The van der Waals surface area contributed by atoms with Crippen LogP contribution >= 0.6 is 0 Å². The fraction of sp³-hybridized carbons (Fsp3) is 0.514. The Balaban J connectivity index is 0.000000603. The number of aliphatic hydroxyl groups excluding tert-OH is 2. The van der Waals surface area contributed by atoms with Crippen molar-refractivity contribution in [1.82, 2.24) is 0 Å². The SMILES string of the molecule is CC(C)(CO)CO.CCCCCCCCCCCCC.O=C(O)c1ccc2c(c1)C(=O)OC2=O.O=C(O)c1cccc(C(=O)O)c1. The molecular weight excluding hydrogens is 596 g/mol. The number of carboxylic acids is 3. The van der Waals surface area contributed by atoms with E-state index in [1.807, 2.05) is 0 Å². The van der Waals surface area contributed by atoms with Gasteiger partial charge in [-0.05, 0) is 36.4 Å². The summed E-state index contributed by atoms with van der Waals surface area (Å²) in [5.41, 5.74) is -0.268. The Morgan fingerprint density at radius 1 is 0.587 bits per heavy atom. The number of aliphatic hydroxyl groups is 2. The molecular formula is C35H50O11. The quantitative estimate of drug-likeness (QED) is 0.0752. The second kappa shape index (κ2) is 23.3. The van der Waals surface area contributed by atoms with Crippen molar-refractivity contribution in [2.24, 2.45) is 5.41 Å². The number of rotatable bonds is 15. The van der Waals surface area contributed by atoms with Crippen LogP contribution in [0.15, 0.2) is 42.5 Å². The number of cyclic esters (lactones) is 2. The van der Waals surface area contributed by atoms with E-state index in [9.17, 15) is 24.0 Å². The number of aromatic carboxylic acids is 3. The minimum atomic E-state index is -1.15. The van der Waals surface area contributed by atoms with E-state index in [-0.39, 0.29) is 46.4 Å². The third-order valence-electron chi connectivity index (χ3n) is 6.81. The van der Waals surface area contributed by atoms with Crippen molar-refractivity contribution in [3.05, 3.63) is 70.3 Å². The number of carbonyl (C=O) groups excluding carboxylic acids is 2. The van der Waals surface area contributed by atoms with Crippen LogP contribution in [-0.4, -0.2) is 68.6 Å². The highest BCUT2D eigenvalue weighted by Gasteiger charge is 2.30. The van der Waals surface area contributed by atoms with Gasteiger partial charge in [0.05, 0.1) is 41.0 Å². The first-order valence-electron chi connectivity index (χ1n) is 15.7. The summed E-state index contributed by atoms with van der Waals surface area (Å²) in [6.07, 6.45) is 15.9. The maximum atomic E-state index is 11.0. The molecule has 0 bridgehead atoms. The van der Waals surface area contributed by atoms with E-state index in [1.54, 1.807) is 13.8 Å². The van der Waals surface area contributed by atoms with Crippen LogP contribution in [0.2, 0.25) is 0 Å². The van der Waals surface area contributed by atoms with E-state index in [4.69, 9.17) is 25.5 Å². The van der Waals surface area contributed by atoms with Gasteiger partial charge >= 0.3 is 29.8 Å². The summed E-state index contributed by atoms with van der Waals surface area (Å²) in [6.45, 7) is 8.25. The number of hydrogen-bond acceptors (Lipinski definition) is 8. The topological polar surface area (TPSA) is 196 Å². The number of unbranched alkanes of at least 4 members (excludes halogenated alkanes) is 10. The zero-order valence-corrected chi connectivity index (χ0v) is 27.4. The average molecular weight is 647 g/mol. The number of esters is 2. The Kier molecular flexibility index (Phi) is 21.2. The number of benzene rings is 2. The molecule has 0 amide bonds. The normalized spacial score (nSPS) is 11.4. The maximum Gasteiger partial charge on any atom is 0.346 e. The average Bonchev–Trinajstić information content (AvgIpc) is 3.33. The van der Waals surface area contributed by atoms with Crippen molar-refractivity contribution in [3.8, 4) is 0 Å². The molecule has 0 aliphatic carbocycles. The lowest BCUT2D eigenvalue weighted by Gasteiger charge is -2.16. The molecule has 11 heteroatoms. The summed E-state index contributed by atoms with van der Waals surface area (Å²) in [7, 11) is 0. The van der Waals surface area contributed by atoms with Gasteiger partial charge in [0.15, 0.2) is 0 Å². The Bertz CT molecular complexity index is 1210. The smallest absolute Gasteiger partial charge is 0.346 e. The number of ether oxygens (including phenoxy) is 1. The second-order valence-electron chi connectivity index (χ2n) is 11.6. The zero-order chi connectivity index (χ0) is 35.1. The number of carboxylic acid groups (broad SMARTS) is 3. The van der Waals surface area contributed by atoms with Crippen LogP contribution in [0.1, 0.15) is 150 Å². The molecule has 2 aromatic rings. The van der Waals surface area contributed by atoms with E-state index < -0.39 is 29.8 Å². The summed E-state index contributed by atoms with van der Waals surface area (Å²) in [5, 5.41) is 42.5. The van der Waals surface area contributed by atoms with Gasteiger partial charge in [-0.3, -0.25) is 0 Å². The minimum absolute atomic E-state index is 0.00917. The molecule has 1 aliphatic rings. The van der Waals surface area contributed by atoms with Crippen LogP contribution < -0.4 is 0 Å². The van der Waals surface area contributed by atoms with Crippen LogP contribution in [0.3, 0.4) is 0 Å². The molecule has 0 radical (unpaired) electrons. The molecule has 0 aromatic heterocycles. The van der Waals surface area contributed by atoms with Gasteiger partial charge in [0.1, 0.15) is 0 Å². The first-order valence-corrected chi connectivity index (χ1v) is 15.7. The van der Waals surface area contributed by atoms with E-state index in [0.29, 0.717) is 0 Å². The predicted octanol–water partition coefficient (Wildman–Crippen LogP) is 7.09. The Morgan fingerprint density at radius 2 is 0.957 bits per heavy atom. The van der Waals surface area contributed by atoms with Crippen LogP contribution in [0, 0.1) is 5.41 Å². The number of hydrogen-bond donors (Lipinski definition) is 5. The fourth-order valence-corrected chi connectivity index (χ4v) is 3.79. The standard InChI is InChI=1S/C13H28.C9H4O5.C8H6O4.C5H12O2/c1-3-5-7-9-11-13-12-10-8-6-4-2;10-7(11)4-1-2-5-6(3-4)9(13)14-8(5)12;9-7(10)5-2-1-3-6(4-5)8(11)12;1-5(2,3-6)4-7/h3-13H2,1-2H3;1-3H,(H,10,11);1-4H,(H,9,10)(H,11,12);6-7H,3-4H2,1-2H3. The lowest BCUT2D eigenvalue weighted by molar-refractivity contribution is 0.0442. The summed E-state index contributed by atoms with van der Waals surface area (Å²) in [5.74, 6) is -4.94. The first kappa shape index (κ1) is 41.9. The molecule has 1 aliphatic heterocycles. The monoisotopic (exact) mass is 646 g/mol. The van der Waals surface area contributed by atoms with Crippen LogP contribution in [0.5, 0.6) is 0 Å². The number of carbonyl (C=O) groups is 5. The highest BCUT2D eigenvalue weighted by Crippen LogP contribution is 2.21. The van der Waals surface area contributed by atoms with Crippen LogP contribution in [-0.2, 0) is 4.74 Å². The van der Waals surface area contributed by atoms with Crippen LogP contribution in [0.4, 0.5) is 0 Å². The largest absolute Gasteiger partial charge is 0.478 e. The van der Waals surface area contributed by atoms with E-state index in [0.717, 1.165) is 12.1 Å². The molecule has 0 saturated heterocycles. The molecule has 0 unspecified atom stereocenters. The number of fused-ring (bicyclic) bond motifs is 1.